The number of hydrogen-bond acceptors (Lipinski definition) is 3. The van der Waals surface area contributed by atoms with Gasteiger partial charge in [-0.05, 0) is 30.5 Å². The lowest BCUT2D eigenvalue weighted by atomic mass is 10.2. The van der Waals surface area contributed by atoms with Crippen molar-refractivity contribution in [2.75, 3.05) is 6.54 Å². The van der Waals surface area contributed by atoms with Crippen molar-refractivity contribution in [3.63, 3.8) is 0 Å². The van der Waals surface area contributed by atoms with E-state index in [-0.39, 0.29) is 6.03 Å². The van der Waals surface area contributed by atoms with Crippen molar-refractivity contribution in [2.24, 2.45) is 0 Å². The Labute approximate surface area is 105 Å². The predicted octanol–water partition coefficient (Wildman–Crippen LogP) is 0.840. The Morgan fingerprint density at radius 1 is 1.44 bits per heavy atom. The van der Waals surface area contributed by atoms with Crippen LogP contribution in [0.25, 0.3) is 0 Å². The van der Waals surface area contributed by atoms with Crippen LogP contribution in [0, 0.1) is 0 Å². The number of nitrogens with one attached hydrogen (secondary N) is 1. The zero-order valence-corrected chi connectivity index (χ0v) is 9.87. The van der Waals surface area contributed by atoms with E-state index < -0.39 is 12.0 Å². The molecule has 1 unspecified atom stereocenters. The Hall–Kier alpha value is -2.11. The minimum atomic E-state index is -0.938. The number of carboxylic acid groups (broad SMARTS) is 1. The quantitative estimate of drug-likeness (QED) is 0.831. The molecule has 6 nitrogen and oxygen atoms in total. The Morgan fingerprint density at radius 2 is 2.17 bits per heavy atom. The zero-order valence-electron chi connectivity index (χ0n) is 9.87. The van der Waals surface area contributed by atoms with Gasteiger partial charge >= 0.3 is 12.0 Å². The third-order valence-electron chi connectivity index (χ3n) is 2.99. The number of hydrogen-bond donors (Lipinski definition) is 2. The van der Waals surface area contributed by atoms with Crippen LogP contribution in [0.3, 0.4) is 0 Å². The average molecular weight is 249 g/mol. The second kappa shape index (κ2) is 5.48. The molecule has 96 valence electrons. The first kappa shape index (κ1) is 12.3. The van der Waals surface area contributed by atoms with Gasteiger partial charge in [0.2, 0.25) is 0 Å². The van der Waals surface area contributed by atoms with Crippen LogP contribution >= 0.6 is 0 Å². The second-order valence-corrected chi connectivity index (χ2v) is 4.20. The summed E-state index contributed by atoms with van der Waals surface area (Å²) in [6.45, 7) is 0.878. The molecule has 2 heterocycles. The Balaban J connectivity index is 1.90. The molecule has 1 fully saturated rings. The molecule has 2 rings (SSSR count). The maximum atomic E-state index is 11.9. The van der Waals surface area contributed by atoms with Crippen LogP contribution in [0.4, 0.5) is 4.79 Å². The number of amides is 2. The van der Waals surface area contributed by atoms with E-state index in [0.29, 0.717) is 19.5 Å². The van der Waals surface area contributed by atoms with Crippen molar-refractivity contribution < 1.29 is 14.7 Å². The maximum Gasteiger partial charge on any atom is 0.326 e. The van der Waals surface area contributed by atoms with Gasteiger partial charge in [-0.25, -0.2) is 9.59 Å². The monoisotopic (exact) mass is 249 g/mol. The molecule has 0 aromatic carbocycles. The Bertz CT molecular complexity index is 435. The van der Waals surface area contributed by atoms with Gasteiger partial charge in [-0.1, -0.05) is 0 Å². The number of rotatable bonds is 3. The summed E-state index contributed by atoms with van der Waals surface area (Å²) in [5.41, 5.74) is 0.935. The summed E-state index contributed by atoms with van der Waals surface area (Å²) in [7, 11) is 0. The molecule has 0 spiro atoms. The Morgan fingerprint density at radius 3 is 2.83 bits per heavy atom. The van der Waals surface area contributed by atoms with E-state index in [1.165, 1.54) is 4.90 Å². The standard InChI is InChI=1S/C12H15N3O3/c16-11(17)10-2-1-7-15(10)12(18)14-8-9-3-5-13-6-4-9/h3-6,10H,1-2,7-8H2,(H,14,18)(H,16,17). The molecule has 0 saturated carbocycles. The largest absolute Gasteiger partial charge is 0.480 e. The smallest absolute Gasteiger partial charge is 0.326 e. The van der Waals surface area contributed by atoms with Gasteiger partial charge in [-0.15, -0.1) is 0 Å². The highest BCUT2D eigenvalue weighted by Crippen LogP contribution is 2.17. The number of pyridine rings is 1. The summed E-state index contributed by atoms with van der Waals surface area (Å²) < 4.78 is 0. The third kappa shape index (κ3) is 2.77. The lowest BCUT2D eigenvalue weighted by molar-refractivity contribution is -0.141. The highest BCUT2D eigenvalue weighted by Gasteiger charge is 2.33. The lowest BCUT2D eigenvalue weighted by Crippen LogP contribution is -2.45. The van der Waals surface area contributed by atoms with Gasteiger partial charge in [0, 0.05) is 25.5 Å². The molecule has 1 aliphatic heterocycles. The molecule has 1 aromatic heterocycles. The average Bonchev–Trinajstić information content (AvgIpc) is 2.86. The van der Waals surface area contributed by atoms with Crippen molar-refractivity contribution in [1.29, 1.82) is 0 Å². The van der Waals surface area contributed by atoms with Crippen molar-refractivity contribution in [3.8, 4) is 0 Å². The lowest BCUT2D eigenvalue weighted by Gasteiger charge is -2.21. The molecule has 1 atom stereocenters. The first-order valence-corrected chi connectivity index (χ1v) is 5.84. The topological polar surface area (TPSA) is 82.5 Å². The molecule has 18 heavy (non-hydrogen) atoms. The van der Waals surface area contributed by atoms with Crippen molar-refractivity contribution in [3.05, 3.63) is 30.1 Å². The molecule has 0 radical (unpaired) electrons. The number of carbonyl (C=O) groups excluding carboxylic acids is 1. The van der Waals surface area contributed by atoms with Crippen molar-refractivity contribution in [2.45, 2.75) is 25.4 Å². The van der Waals surface area contributed by atoms with E-state index in [1.54, 1.807) is 24.5 Å². The zero-order chi connectivity index (χ0) is 13.0. The van der Waals surface area contributed by atoms with Crippen LogP contribution in [0.2, 0.25) is 0 Å². The first-order valence-electron chi connectivity index (χ1n) is 5.84. The molecule has 1 aromatic rings. The molecule has 2 N–H and O–H groups in total. The number of nitrogens with zero attached hydrogens (tertiary/aromatic N) is 2. The summed E-state index contributed by atoms with van der Waals surface area (Å²) in [5.74, 6) is -0.938. The molecule has 0 aliphatic carbocycles. The van der Waals surface area contributed by atoms with E-state index >= 15 is 0 Å². The molecule has 2 amide bonds. The predicted molar refractivity (Wildman–Crippen MR) is 63.8 cm³/mol. The van der Waals surface area contributed by atoms with E-state index in [0.717, 1.165) is 12.0 Å². The van der Waals surface area contributed by atoms with Gasteiger partial charge in [-0.3, -0.25) is 4.98 Å². The van der Waals surface area contributed by atoms with Gasteiger partial charge in [0.1, 0.15) is 6.04 Å². The molecule has 1 aliphatic rings. The summed E-state index contributed by atoms with van der Waals surface area (Å²) in [5, 5.41) is 11.7. The van der Waals surface area contributed by atoms with Gasteiger partial charge in [0.15, 0.2) is 0 Å². The summed E-state index contributed by atoms with van der Waals surface area (Å²) in [4.78, 5) is 28.1. The highest BCUT2D eigenvalue weighted by atomic mass is 16.4. The van der Waals surface area contributed by atoms with E-state index in [2.05, 4.69) is 10.3 Å². The normalized spacial score (nSPS) is 18.7. The van der Waals surface area contributed by atoms with Crippen LogP contribution in [-0.2, 0) is 11.3 Å². The number of carbonyl (C=O) groups is 2. The number of likely N-dealkylation sites (tertiary alicyclic amines) is 1. The molecular formula is C12H15N3O3. The van der Waals surface area contributed by atoms with Crippen LogP contribution < -0.4 is 5.32 Å². The minimum Gasteiger partial charge on any atom is -0.480 e. The minimum absolute atomic E-state index is 0.322. The first-order chi connectivity index (χ1) is 8.68. The van der Waals surface area contributed by atoms with Crippen LogP contribution in [0.5, 0.6) is 0 Å². The van der Waals surface area contributed by atoms with Crippen LogP contribution in [0.1, 0.15) is 18.4 Å². The van der Waals surface area contributed by atoms with Crippen LogP contribution in [-0.4, -0.2) is 39.6 Å². The number of aromatic nitrogens is 1. The van der Waals surface area contributed by atoms with Crippen LogP contribution in [0.15, 0.2) is 24.5 Å². The van der Waals surface area contributed by atoms with E-state index in [4.69, 9.17) is 5.11 Å². The van der Waals surface area contributed by atoms with Gasteiger partial charge in [0.05, 0.1) is 0 Å². The number of aliphatic carboxylic acids is 1. The molecule has 0 bridgehead atoms. The SMILES string of the molecule is O=C(O)C1CCCN1C(=O)NCc1ccncc1. The summed E-state index contributed by atoms with van der Waals surface area (Å²) >= 11 is 0. The van der Waals surface area contributed by atoms with Gasteiger partial charge in [-0.2, -0.15) is 0 Å². The summed E-state index contributed by atoms with van der Waals surface area (Å²) in [6.07, 6.45) is 4.56. The number of carboxylic acids is 1. The number of urea groups is 1. The fourth-order valence-electron chi connectivity index (χ4n) is 2.05. The second-order valence-electron chi connectivity index (χ2n) is 4.20. The molecular weight excluding hydrogens is 234 g/mol. The van der Waals surface area contributed by atoms with Crippen molar-refractivity contribution >= 4 is 12.0 Å². The fourth-order valence-corrected chi connectivity index (χ4v) is 2.05. The molecule has 6 heteroatoms. The maximum absolute atomic E-state index is 11.9. The van der Waals surface area contributed by atoms with E-state index in [9.17, 15) is 9.59 Å². The fraction of sp³-hybridized carbons (Fsp3) is 0.417. The van der Waals surface area contributed by atoms with Gasteiger partial charge < -0.3 is 15.3 Å². The summed E-state index contributed by atoms with van der Waals surface area (Å²) in [6, 6.07) is 2.59. The molecule has 1 saturated heterocycles. The Kier molecular flexibility index (Phi) is 3.76. The van der Waals surface area contributed by atoms with E-state index in [1.807, 2.05) is 0 Å². The third-order valence-corrected chi connectivity index (χ3v) is 2.99. The highest BCUT2D eigenvalue weighted by molar-refractivity contribution is 5.83. The van der Waals surface area contributed by atoms with Crippen molar-refractivity contribution in [1.82, 2.24) is 15.2 Å². The van der Waals surface area contributed by atoms with Gasteiger partial charge in [0.25, 0.3) is 0 Å².